The van der Waals surface area contributed by atoms with Crippen molar-refractivity contribution in [2.75, 3.05) is 18.5 Å². The molecule has 0 unspecified atom stereocenters. The molecule has 2 N–H and O–H groups in total. The third-order valence-corrected chi connectivity index (χ3v) is 4.39. The second kappa shape index (κ2) is 6.45. The normalized spacial score (nSPS) is 15.5. The Hall–Kier alpha value is -2.66. The van der Waals surface area contributed by atoms with Crippen LogP contribution in [0.25, 0.3) is 22.4 Å². The van der Waals surface area contributed by atoms with Crippen molar-refractivity contribution in [2.24, 2.45) is 5.92 Å². The van der Waals surface area contributed by atoms with E-state index in [0.29, 0.717) is 13.2 Å². The van der Waals surface area contributed by atoms with E-state index in [9.17, 15) is 4.79 Å². The smallest absolute Gasteiger partial charge is 0.227 e. The Morgan fingerprint density at radius 3 is 2.71 bits per heavy atom. The molecule has 0 atom stereocenters. The van der Waals surface area contributed by atoms with Gasteiger partial charge in [0.15, 0.2) is 0 Å². The molecule has 4 rings (SSSR count). The largest absolute Gasteiger partial charge is 0.381 e. The van der Waals surface area contributed by atoms with Gasteiger partial charge in [0.2, 0.25) is 5.91 Å². The number of hydrogen-bond acceptors (Lipinski definition) is 3. The molecule has 0 bridgehead atoms. The van der Waals surface area contributed by atoms with E-state index < -0.39 is 0 Å². The molecule has 1 fully saturated rings. The zero-order valence-corrected chi connectivity index (χ0v) is 13.3. The van der Waals surface area contributed by atoms with Gasteiger partial charge in [-0.3, -0.25) is 4.79 Å². The Bertz CT molecular complexity index is 851. The van der Waals surface area contributed by atoms with Gasteiger partial charge in [-0.15, -0.1) is 0 Å². The Kier molecular flexibility index (Phi) is 4.01. The molecule has 2 aromatic carbocycles. The molecule has 2 heterocycles. The number of amides is 1. The number of anilines is 1. The average Bonchev–Trinajstić information content (AvgIpc) is 3.06. The highest BCUT2D eigenvalue weighted by Gasteiger charge is 2.21. The number of aromatic nitrogens is 2. The van der Waals surface area contributed by atoms with Crippen LogP contribution in [0.1, 0.15) is 12.8 Å². The maximum absolute atomic E-state index is 12.3. The standard InChI is InChI=1S/C19H19N3O2/c23-19(14-8-10-24-11-9-14)20-15-6-7-16-17(12-15)22-18(21-16)13-4-2-1-3-5-13/h1-7,12,14H,8-11H2,(H,20,23)(H,21,22). The highest BCUT2D eigenvalue weighted by atomic mass is 16.5. The highest BCUT2D eigenvalue weighted by Crippen LogP contribution is 2.24. The number of benzene rings is 2. The molecule has 0 spiro atoms. The minimum atomic E-state index is 0.0380. The number of imidazole rings is 1. The lowest BCUT2D eigenvalue weighted by molar-refractivity contribution is -0.122. The van der Waals surface area contributed by atoms with Crippen LogP contribution < -0.4 is 5.32 Å². The Morgan fingerprint density at radius 2 is 1.92 bits per heavy atom. The molecule has 0 aliphatic carbocycles. The summed E-state index contributed by atoms with van der Waals surface area (Å²) < 4.78 is 5.31. The third kappa shape index (κ3) is 3.03. The third-order valence-electron chi connectivity index (χ3n) is 4.39. The summed E-state index contributed by atoms with van der Waals surface area (Å²) in [4.78, 5) is 20.3. The SMILES string of the molecule is O=C(Nc1ccc2nc(-c3ccccc3)[nH]c2c1)C1CCOCC1. The molecule has 1 amide bonds. The van der Waals surface area contributed by atoms with E-state index in [2.05, 4.69) is 15.3 Å². The topological polar surface area (TPSA) is 67.0 Å². The second-order valence-corrected chi connectivity index (χ2v) is 6.06. The number of rotatable bonds is 3. The number of aromatic amines is 1. The van der Waals surface area contributed by atoms with Gasteiger partial charge in [0, 0.05) is 30.4 Å². The quantitative estimate of drug-likeness (QED) is 0.774. The molecular formula is C19H19N3O2. The van der Waals surface area contributed by atoms with E-state index in [0.717, 1.165) is 41.0 Å². The first-order valence-corrected chi connectivity index (χ1v) is 8.23. The number of H-pyrrole nitrogens is 1. The van der Waals surface area contributed by atoms with Crippen LogP contribution in [0.4, 0.5) is 5.69 Å². The minimum absolute atomic E-state index is 0.0380. The van der Waals surface area contributed by atoms with Gasteiger partial charge in [0.25, 0.3) is 0 Å². The van der Waals surface area contributed by atoms with Gasteiger partial charge in [0.1, 0.15) is 5.82 Å². The number of carbonyl (C=O) groups excluding carboxylic acids is 1. The molecule has 122 valence electrons. The summed E-state index contributed by atoms with van der Waals surface area (Å²) in [5, 5.41) is 3.01. The summed E-state index contributed by atoms with van der Waals surface area (Å²) in [5.41, 5.74) is 3.64. The summed E-state index contributed by atoms with van der Waals surface area (Å²) in [7, 11) is 0. The molecule has 5 nitrogen and oxygen atoms in total. The fraction of sp³-hybridized carbons (Fsp3) is 0.263. The maximum Gasteiger partial charge on any atom is 0.227 e. The lowest BCUT2D eigenvalue weighted by Crippen LogP contribution is -2.28. The molecule has 0 saturated carbocycles. The van der Waals surface area contributed by atoms with Crippen LogP contribution in [0.15, 0.2) is 48.5 Å². The first kappa shape index (κ1) is 14.9. The summed E-state index contributed by atoms with van der Waals surface area (Å²) in [6.45, 7) is 1.33. The summed E-state index contributed by atoms with van der Waals surface area (Å²) in [5.74, 6) is 0.940. The van der Waals surface area contributed by atoms with E-state index in [4.69, 9.17) is 4.74 Å². The first-order valence-electron chi connectivity index (χ1n) is 8.23. The molecule has 5 heteroatoms. The predicted octanol–water partition coefficient (Wildman–Crippen LogP) is 3.60. The molecule has 0 radical (unpaired) electrons. The summed E-state index contributed by atoms with van der Waals surface area (Å²) >= 11 is 0. The number of fused-ring (bicyclic) bond motifs is 1. The van der Waals surface area contributed by atoms with E-state index in [1.165, 1.54) is 0 Å². The monoisotopic (exact) mass is 321 g/mol. The van der Waals surface area contributed by atoms with Crippen LogP contribution >= 0.6 is 0 Å². The zero-order valence-electron chi connectivity index (χ0n) is 13.3. The zero-order chi connectivity index (χ0) is 16.4. The maximum atomic E-state index is 12.3. The van der Waals surface area contributed by atoms with Crippen LogP contribution in [0.2, 0.25) is 0 Å². The number of hydrogen-bond donors (Lipinski definition) is 2. The van der Waals surface area contributed by atoms with Crippen molar-refractivity contribution >= 4 is 22.6 Å². The van der Waals surface area contributed by atoms with Crippen LogP contribution in [0.3, 0.4) is 0 Å². The number of carbonyl (C=O) groups is 1. The van der Waals surface area contributed by atoms with Gasteiger partial charge in [-0.2, -0.15) is 0 Å². The summed E-state index contributed by atoms with van der Waals surface area (Å²) in [6.07, 6.45) is 1.58. The molecule has 1 aliphatic rings. The minimum Gasteiger partial charge on any atom is -0.381 e. The van der Waals surface area contributed by atoms with Gasteiger partial charge in [-0.1, -0.05) is 30.3 Å². The van der Waals surface area contributed by atoms with Crippen molar-refractivity contribution < 1.29 is 9.53 Å². The van der Waals surface area contributed by atoms with Crippen LogP contribution in [0.5, 0.6) is 0 Å². The molecule has 1 saturated heterocycles. The van der Waals surface area contributed by atoms with Crippen molar-refractivity contribution in [2.45, 2.75) is 12.8 Å². The van der Waals surface area contributed by atoms with Gasteiger partial charge in [0.05, 0.1) is 11.0 Å². The van der Waals surface area contributed by atoms with Crippen molar-refractivity contribution in [1.29, 1.82) is 0 Å². The Balaban J connectivity index is 1.56. The lowest BCUT2D eigenvalue weighted by Gasteiger charge is -2.21. The molecule has 24 heavy (non-hydrogen) atoms. The average molecular weight is 321 g/mol. The van der Waals surface area contributed by atoms with Crippen LogP contribution in [0, 0.1) is 5.92 Å². The molecule has 1 aliphatic heterocycles. The van der Waals surface area contributed by atoms with E-state index in [1.54, 1.807) is 0 Å². The molecule has 1 aromatic heterocycles. The van der Waals surface area contributed by atoms with Gasteiger partial charge in [-0.05, 0) is 31.0 Å². The first-order chi connectivity index (χ1) is 11.8. The van der Waals surface area contributed by atoms with E-state index in [-0.39, 0.29) is 11.8 Å². The van der Waals surface area contributed by atoms with Crippen LogP contribution in [-0.4, -0.2) is 29.1 Å². The van der Waals surface area contributed by atoms with E-state index >= 15 is 0 Å². The van der Waals surface area contributed by atoms with Crippen molar-refractivity contribution in [3.05, 3.63) is 48.5 Å². The van der Waals surface area contributed by atoms with Gasteiger partial charge < -0.3 is 15.0 Å². The van der Waals surface area contributed by atoms with E-state index in [1.807, 2.05) is 48.5 Å². The number of ether oxygens (including phenoxy) is 1. The van der Waals surface area contributed by atoms with Crippen molar-refractivity contribution in [3.63, 3.8) is 0 Å². The predicted molar refractivity (Wildman–Crippen MR) is 93.7 cm³/mol. The fourth-order valence-corrected chi connectivity index (χ4v) is 3.02. The molecular weight excluding hydrogens is 302 g/mol. The number of nitrogens with zero attached hydrogens (tertiary/aromatic N) is 1. The van der Waals surface area contributed by atoms with Gasteiger partial charge in [-0.25, -0.2) is 4.98 Å². The second-order valence-electron chi connectivity index (χ2n) is 6.06. The van der Waals surface area contributed by atoms with Crippen LogP contribution in [-0.2, 0) is 9.53 Å². The number of nitrogens with one attached hydrogen (secondary N) is 2. The van der Waals surface area contributed by atoms with Gasteiger partial charge >= 0.3 is 0 Å². The van der Waals surface area contributed by atoms with Crippen molar-refractivity contribution in [3.8, 4) is 11.4 Å². The Morgan fingerprint density at radius 1 is 1.12 bits per heavy atom. The Labute approximate surface area is 140 Å². The van der Waals surface area contributed by atoms with Crippen molar-refractivity contribution in [1.82, 2.24) is 9.97 Å². The fourth-order valence-electron chi connectivity index (χ4n) is 3.02. The highest BCUT2D eigenvalue weighted by molar-refractivity contribution is 5.94. The lowest BCUT2D eigenvalue weighted by atomic mass is 9.99. The molecule has 3 aromatic rings. The summed E-state index contributed by atoms with van der Waals surface area (Å²) in [6, 6.07) is 15.8.